The van der Waals surface area contributed by atoms with Crippen molar-refractivity contribution in [2.24, 2.45) is 0 Å². The summed E-state index contributed by atoms with van der Waals surface area (Å²) in [6.45, 7) is 2.91. The predicted molar refractivity (Wildman–Crippen MR) is 87.2 cm³/mol. The van der Waals surface area contributed by atoms with Crippen molar-refractivity contribution < 1.29 is 9.13 Å². The summed E-state index contributed by atoms with van der Waals surface area (Å²) in [6, 6.07) is 12.4. The van der Waals surface area contributed by atoms with Crippen LogP contribution in [0.5, 0.6) is 5.75 Å². The van der Waals surface area contributed by atoms with Crippen LogP contribution < -0.4 is 10.1 Å². The second kappa shape index (κ2) is 7.57. The normalized spacial score (nSPS) is 12.2. The lowest BCUT2D eigenvalue weighted by Gasteiger charge is -2.21. The van der Waals surface area contributed by atoms with E-state index in [-0.39, 0.29) is 11.9 Å². The number of nitrogens with one attached hydrogen (secondary N) is 1. The van der Waals surface area contributed by atoms with Crippen LogP contribution in [0.25, 0.3) is 0 Å². The smallest absolute Gasteiger partial charge is 0.128 e. The zero-order valence-electron chi connectivity index (χ0n) is 12.2. The third-order valence-electron chi connectivity index (χ3n) is 3.33. The largest absolute Gasteiger partial charge is 0.497 e. The van der Waals surface area contributed by atoms with Crippen LogP contribution in [0.15, 0.2) is 46.9 Å². The Morgan fingerprint density at radius 3 is 2.57 bits per heavy atom. The van der Waals surface area contributed by atoms with Gasteiger partial charge < -0.3 is 10.1 Å². The van der Waals surface area contributed by atoms with Gasteiger partial charge in [-0.05, 0) is 36.7 Å². The van der Waals surface area contributed by atoms with Crippen LogP contribution in [0.4, 0.5) is 4.39 Å². The molecule has 0 aromatic heterocycles. The number of methoxy groups -OCH3 is 1. The van der Waals surface area contributed by atoms with Gasteiger partial charge in [-0.25, -0.2) is 4.39 Å². The van der Waals surface area contributed by atoms with Gasteiger partial charge >= 0.3 is 0 Å². The fourth-order valence-electron chi connectivity index (χ4n) is 2.25. The molecule has 0 bridgehead atoms. The van der Waals surface area contributed by atoms with Gasteiger partial charge in [-0.2, -0.15) is 0 Å². The summed E-state index contributed by atoms with van der Waals surface area (Å²) in [5.41, 5.74) is 1.64. The second-order valence-corrected chi connectivity index (χ2v) is 5.65. The Hall–Kier alpha value is -1.39. The number of benzene rings is 2. The minimum absolute atomic E-state index is 0.188. The van der Waals surface area contributed by atoms with Crippen molar-refractivity contribution in [1.82, 2.24) is 5.32 Å². The maximum atomic E-state index is 14.1. The van der Waals surface area contributed by atoms with Crippen molar-refractivity contribution in [2.75, 3.05) is 13.7 Å². The van der Waals surface area contributed by atoms with Crippen LogP contribution in [-0.4, -0.2) is 13.7 Å². The number of hydrogen-bond donors (Lipinski definition) is 1. The first-order valence-electron chi connectivity index (χ1n) is 6.98. The van der Waals surface area contributed by atoms with Crippen LogP contribution in [0.2, 0.25) is 0 Å². The first-order chi connectivity index (χ1) is 10.2. The quantitative estimate of drug-likeness (QED) is 0.815. The first-order valence-corrected chi connectivity index (χ1v) is 7.78. The third kappa shape index (κ3) is 3.83. The molecule has 0 fully saturated rings. The fourth-order valence-corrected chi connectivity index (χ4v) is 2.84. The molecule has 2 nitrogen and oxygen atoms in total. The van der Waals surface area contributed by atoms with Crippen molar-refractivity contribution in [2.45, 2.75) is 19.4 Å². The van der Waals surface area contributed by atoms with Crippen molar-refractivity contribution in [3.8, 4) is 5.75 Å². The van der Waals surface area contributed by atoms with Gasteiger partial charge in [0.05, 0.1) is 13.2 Å². The number of hydrogen-bond acceptors (Lipinski definition) is 2. The van der Waals surface area contributed by atoms with E-state index in [1.54, 1.807) is 13.2 Å². The monoisotopic (exact) mass is 351 g/mol. The molecular formula is C17H19BrFNO. The Bertz CT molecular complexity index is 603. The van der Waals surface area contributed by atoms with E-state index in [2.05, 4.69) is 28.2 Å². The zero-order chi connectivity index (χ0) is 15.2. The summed E-state index contributed by atoms with van der Waals surface area (Å²) in [7, 11) is 1.63. The molecular weight excluding hydrogens is 333 g/mol. The highest BCUT2D eigenvalue weighted by molar-refractivity contribution is 9.10. The molecule has 0 aliphatic carbocycles. The Labute approximate surface area is 133 Å². The molecule has 0 saturated carbocycles. The highest BCUT2D eigenvalue weighted by atomic mass is 79.9. The van der Waals surface area contributed by atoms with Crippen molar-refractivity contribution >= 4 is 15.9 Å². The highest BCUT2D eigenvalue weighted by Crippen LogP contribution is 2.32. The Kier molecular flexibility index (Phi) is 5.76. The van der Waals surface area contributed by atoms with E-state index in [0.29, 0.717) is 5.56 Å². The van der Waals surface area contributed by atoms with Gasteiger partial charge in [0.15, 0.2) is 0 Å². The maximum Gasteiger partial charge on any atom is 0.128 e. The molecule has 0 aliphatic rings. The average molecular weight is 352 g/mol. The molecule has 1 N–H and O–H groups in total. The van der Waals surface area contributed by atoms with Crippen molar-refractivity contribution in [1.29, 1.82) is 0 Å². The maximum absolute atomic E-state index is 14.1. The summed E-state index contributed by atoms with van der Waals surface area (Å²) in [4.78, 5) is 0. The van der Waals surface area contributed by atoms with E-state index >= 15 is 0 Å². The minimum Gasteiger partial charge on any atom is -0.497 e. The molecule has 2 aromatic rings. The van der Waals surface area contributed by atoms with E-state index in [4.69, 9.17) is 4.74 Å². The summed E-state index contributed by atoms with van der Waals surface area (Å²) in [5, 5.41) is 3.41. The summed E-state index contributed by atoms with van der Waals surface area (Å²) >= 11 is 3.56. The molecule has 112 valence electrons. The predicted octanol–water partition coefficient (Wildman–Crippen LogP) is 4.69. The fraction of sp³-hybridized carbons (Fsp3) is 0.294. The van der Waals surface area contributed by atoms with Gasteiger partial charge in [-0.15, -0.1) is 0 Å². The summed E-state index contributed by atoms with van der Waals surface area (Å²) in [6.07, 6.45) is 0.985. The molecule has 0 aliphatic heterocycles. The lowest BCUT2D eigenvalue weighted by Crippen LogP contribution is -2.24. The van der Waals surface area contributed by atoms with E-state index in [0.717, 1.165) is 28.8 Å². The molecule has 0 saturated heterocycles. The van der Waals surface area contributed by atoms with Gasteiger partial charge in [0.2, 0.25) is 0 Å². The molecule has 0 radical (unpaired) electrons. The molecule has 2 rings (SSSR count). The van der Waals surface area contributed by atoms with Gasteiger partial charge in [0, 0.05) is 10.0 Å². The molecule has 1 atom stereocenters. The van der Waals surface area contributed by atoms with Gasteiger partial charge in [-0.3, -0.25) is 0 Å². The van der Waals surface area contributed by atoms with E-state index in [1.807, 2.05) is 30.3 Å². The minimum atomic E-state index is -0.200. The first kappa shape index (κ1) is 16.0. The van der Waals surface area contributed by atoms with E-state index in [9.17, 15) is 4.39 Å². The summed E-state index contributed by atoms with van der Waals surface area (Å²) < 4.78 is 20.3. The number of ether oxygens (including phenoxy) is 1. The Morgan fingerprint density at radius 1 is 1.19 bits per heavy atom. The SMILES string of the molecule is CCCNC(c1ccccc1F)c1ccc(OC)cc1Br. The van der Waals surface area contributed by atoms with Gasteiger partial charge in [0.25, 0.3) is 0 Å². The topological polar surface area (TPSA) is 21.3 Å². The van der Waals surface area contributed by atoms with E-state index in [1.165, 1.54) is 6.07 Å². The lowest BCUT2D eigenvalue weighted by molar-refractivity contribution is 0.414. The van der Waals surface area contributed by atoms with Crippen LogP contribution in [0.3, 0.4) is 0 Å². The Balaban J connectivity index is 2.43. The van der Waals surface area contributed by atoms with Crippen LogP contribution in [0, 0.1) is 5.82 Å². The molecule has 0 spiro atoms. The van der Waals surface area contributed by atoms with Crippen LogP contribution >= 0.6 is 15.9 Å². The third-order valence-corrected chi connectivity index (χ3v) is 4.02. The van der Waals surface area contributed by atoms with Gasteiger partial charge in [0.1, 0.15) is 11.6 Å². The number of halogens is 2. The molecule has 21 heavy (non-hydrogen) atoms. The van der Waals surface area contributed by atoms with Gasteiger partial charge in [-0.1, -0.05) is 47.1 Å². The lowest BCUT2D eigenvalue weighted by atomic mass is 9.98. The molecule has 0 amide bonds. The standard InChI is InChI=1S/C17H19BrFNO/c1-3-10-20-17(14-6-4-5-7-16(14)19)13-9-8-12(21-2)11-15(13)18/h4-9,11,17,20H,3,10H2,1-2H3. The molecule has 1 unspecified atom stereocenters. The molecule has 2 aromatic carbocycles. The molecule has 0 heterocycles. The Morgan fingerprint density at radius 2 is 1.95 bits per heavy atom. The van der Waals surface area contributed by atoms with Crippen LogP contribution in [0.1, 0.15) is 30.5 Å². The van der Waals surface area contributed by atoms with Crippen molar-refractivity contribution in [3.63, 3.8) is 0 Å². The van der Waals surface area contributed by atoms with Crippen LogP contribution in [-0.2, 0) is 0 Å². The van der Waals surface area contributed by atoms with E-state index < -0.39 is 0 Å². The van der Waals surface area contributed by atoms with Crippen molar-refractivity contribution in [3.05, 3.63) is 63.9 Å². The zero-order valence-corrected chi connectivity index (χ0v) is 13.8. The summed E-state index contributed by atoms with van der Waals surface area (Å²) in [5.74, 6) is 0.572. The number of rotatable bonds is 6. The molecule has 4 heteroatoms. The second-order valence-electron chi connectivity index (χ2n) is 4.80. The highest BCUT2D eigenvalue weighted by Gasteiger charge is 2.19. The average Bonchev–Trinajstić information content (AvgIpc) is 2.50.